The lowest BCUT2D eigenvalue weighted by Crippen LogP contribution is -2.48. The summed E-state index contributed by atoms with van der Waals surface area (Å²) in [4.78, 5) is 37.5. The second-order valence-electron chi connectivity index (χ2n) is 5.83. The highest BCUT2D eigenvalue weighted by molar-refractivity contribution is 6.00. The zero-order valence-electron chi connectivity index (χ0n) is 14.0. The molecule has 3 rings (SSSR count). The number of fused-ring (bicyclic) bond motifs is 1. The number of carbonyl (C=O) groups is 3. The van der Waals surface area contributed by atoms with E-state index in [0.29, 0.717) is 22.7 Å². The molecule has 6 heteroatoms. The van der Waals surface area contributed by atoms with E-state index in [1.165, 1.54) is 18.7 Å². The van der Waals surface area contributed by atoms with Crippen molar-refractivity contribution in [1.29, 1.82) is 0 Å². The Labute approximate surface area is 145 Å². The van der Waals surface area contributed by atoms with Crippen LogP contribution in [0.25, 0.3) is 0 Å². The molecule has 2 aromatic rings. The summed E-state index contributed by atoms with van der Waals surface area (Å²) >= 11 is 0. The molecule has 1 aliphatic heterocycles. The van der Waals surface area contributed by atoms with Crippen molar-refractivity contribution in [3.63, 3.8) is 0 Å². The average molecular weight is 338 g/mol. The maximum atomic E-state index is 12.6. The van der Waals surface area contributed by atoms with Gasteiger partial charge in [-0.05, 0) is 31.2 Å². The maximum Gasteiger partial charge on any atom is 0.267 e. The Morgan fingerprint density at radius 1 is 1.08 bits per heavy atom. The minimum atomic E-state index is -0.834. The molecule has 1 heterocycles. The highest BCUT2D eigenvalue weighted by Gasteiger charge is 2.32. The van der Waals surface area contributed by atoms with E-state index < -0.39 is 6.10 Å². The molecule has 0 saturated carbocycles. The first-order valence-electron chi connectivity index (χ1n) is 7.91. The molecule has 128 valence electrons. The summed E-state index contributed by atoms with van der Waals surface area (Å²) < 4.78 is 5.75. The van der Waals surface area contributed by atoms with Crippen molar-refractivity contribution >= 4 is 29.0 Å². The van der Waals surface area contributed by atoms with Crippen LogP contribution in [0.1, 0.15) is 24.2 Å². The Kier molecular flexibility index (Phi) is 4.52. The highest BCUT2D eigenvalue weighted by Crippen LogP contribution is 2.33. The SMILES string of the molecule is CC(=O)c1cccc(NC(=O)[C@H]2CN(C(C)=O)c3ccccc3O2)c1. The van der Waals surface area contributed by atoms with Crippen molar-refractivity contribution in [3.8, 4) is 5.75 Å². The molecule has 1 aliphatic rings. The molecule has 0 unspecified atom stereocenters. The Balaban J connectivity index is 1.80. The maximum absolute atomic E-state index is 12.6. The zero-order chi connectivity index (χ0) is 18.0. The fourth-order valence-electron chi connectivity index (χ4n) is 2.71. The highest BCUT2D eigenvalue weighted by atomic mass is 16.5. The molecule has 1 N–H and O–H groups in total. The fourth-order valence-corrected chi connectivity index (χ4v) is 2.71. The van der Waals surface area contributed by atoms with E-state index in [9.17, 15) is 14.4 Å². The predicted octanol–water partition coefficient (Wildman–Crippen LogP) is 2.64. The number of amides is 2. The van der Waals surface area contributed by atoms with Gasteiger partial charge in [0.2, 0.25) is 5.91 Å². The molecule has 2 amide bonds. The predicted molar refractivity (Wildman–Crippen MR) is 94.0 cm³/mol. The number of hydrogen-bond donors (Lipinski definition) is 1. The molecular weight excluding hydrogens is 320 g/mol. The first-order chi connectivity index (χ1) is 12.0. The normalized spacial score (nSPS) is 15.8. The summed E-state index contributed by atoms with van der Waals surface area (Å²) in [6.45, 7) is 3.05. The van der Waals surface area contributed by atoms with Crippen LogP contribution in [0.3, 0.4) is 0 Å². The molecule has 25 heavy (non-hydrogen) atoms. The number of ether oxygens (including phenoxy) is 1. The quantitative estimate of drug-likeness (QED) is 0.873. The molecule has 0 saturated heterocycles. The number of ketones is 1. The van der Waals surface area contributed by atoms with Crippen LogP contribution in [0.15, 0.2) is 48.5 Å². The van der Waals surface area contributed by atoms with Gasteiger partial charge in [0, 0.05) is 18.2 Å². The Morgan fingerprint density at radius 3 is 2.56 bits per heavy atom. The monoisotopic (exact) mass is 338 g/mol. The lowest BCUT2D eigenvalue weighted by Gasteiger charge is -2.33. The summed E-state index contributed by atoms with van der Waals surface area (Å²) in [6, 6.07) is 13.8. The van der Waals surface area contributed by atoms with E-state index in [2.05, 4.69) is 5.32 Å². The fraction of sp³-hybridized carbons (Fsp3) is 0.211. The molecule has 0 aliphatic carbocycles. The third kappa shape index (κ3) is 3.52. The van der Waals surface area contributed by atoms with Gasteiger partial charge in [-0.3, -0.25) is 14.4 Å². The van der Waals surface area contributed by atoms with Crippen LogP contribution in [0.5, 0.6) is 5.75 Å². The molecule has 0 radical (unpaired) electrons. The van der Waals surface area contributed by atoms with Gasteiger partial charge in [0.15, 0.2) is 11.9 Å². The van der Waals surface area contributed by atoms with Crippen LogP contribution in [0.2, 0.25) is 0 Å². The number of benzene rings is 2. The third-order valence-corrected chi connectivity index (χ3v) is 3.98. The van der Waals surface area contributed by atoms with Gasteiger partial charge >= 0.3 is 0 Å². The summed E-state index contributed by atoms with van der Waals surface area (Å²) in [5.74, 6) is -0.128. The van der Waals surface area contributed by atoms with Gasteiger partial charge < -0.3 is 15.0 Å². The Hall–Kier alpha value is -3.15. The molecule has 2 aromatic carbocycles. The van der Waals surface area contributed by atoms with E-state index in [4.69, 9.17) is 4.74 Å². The average Bonchev–Trinajstić information content (AvgIpc) is 2.60. The largest absolute Gasteiger partial charge is 0.476 e. The molecule has 1 atom stereocenters. The van der Waals surface area contributed by atoms with Crippen LogP contribution < -0.4 is 15.0 Å². The van der Waals surface area contributed by atoms with E-state index >= 15 is 0 Å². The van der Waals surface area contributed by atoms with Crippen LogP contribution in [0.4, 0.5) is 11.4 Å². The topological polar surface area (TPSA) is 75.7 Å². The molecule has 0 bridgehead atoms. The molecule has 6 nitrogen and oxygen atoms in total. The molecule has 0 fully saturated rings. The lowest BCUT2D eigenvalue weighted by molar-refractivity contribution is -0.123. The first kappa shape index (κ1) is 16.7. The van der Waals surface area contributed by atoms with Gasteiger partial charge in [-0.15, -0.1) is 0 Å². The van der Waals surface area contributed by atoms with Gasteiger partial charge in [0.1, 0.15) is 5.75 Å². The van der Waals surface area contributed by atoms with Crippen LogP contribution >= 0.6 is 0 Å². The third-order valence-electron chi connectivity index (χ3n) is 3.98. The van der Waals surface area contributed by atoms with Crippen molar-refractivity contribution in [1.82, 2.24) is 0 Å². The second kappa shape index (κ2) is 6.76. The number of nitrogens with zero attached hydrogens (tertiary/aromatic N) is 1. The van der Waals surface area contributed by atoms with Crippen LogP contribution in [-0.4, -0.2) is 30.2 Å². The number of nitrogens with one attached hydrogen (secondary N) is 1. The Bertz CT molecular complexity index is 847. The molecule has 0 spiro atoms. The zero-order valence-corrected chi connectivity index (χ0v) is 14.0. The molecular formula is C19H18N2O4. The Morgan fingerprint density at radius 2 is 1.84 bits per heavy atom. The van der Waals surface area contributed by atoms with Gasteiger partial charge in [-0.25, -0.2) is 0 Å². The van der Waals surface area contributed by atoms with Crippen molar-refractivity contribution in [2.45, 2.75) is 20.0 Å². The van der Waals surface area contributed by atoms with Crippen LogP contribution in [0, 0.1) is 0 Å². The number of para-hydroxylation sites is 2. The summed E-state index contributed by atoms with van der Waals surface area (Å²) in [6.07, 6.45) is -0.834. The number of rotatable bonds is 3. The summed E-state index contributed by atoms with van der Waals surface area (Å²) in [5.41, 5.74) is 1.67. The van der Waals surface area contributed by atoms with Crippen molar-refractivity contribution in [3.05, 3.63) is 54.1 Å². The number of carbonyl (C=O) groups excluding carboxylic acids is 3. The van der Waals surface area contributed by atoms with Gasteiger partial charge in [0.25, 0.3) is 5.91 Å². The second-order valence-corrected chi connectivity index (χ2v) is 5.83. The number of anilines is 2. The minimum Gasteiger partial charge on any atom is -0.476 e. The number of Topliss-reactive ketones (excluding diaryl/α,β-unsaturated/α-hetero) is 1. The van der Waals surface area contributed by atoms with E-state index in [1.807, 2.05) is 6.07 Å². The minimum absolute atomic E-state index is 0.0818. The number of hydrogen-bond acceptors (Lipinski definition) is 4. The van der Waals surface area contributed by atoms with Crippen molar-refractivity contribution in [2.24, 2.45) is 0 Å². The van der Waals surface area contributed by atoms with Gasteiger partial charge in [-0.2, -0.15) is 0 Å². The lowest BCUT2D eigenvalue weighted by atomic mass is 10.1. The standard InChI is InChI=1S/C19H18N2O4/c1-12(22)14-6-5-7-15(10-14)20-19(24)18-11-21(13(2)23)16-8-3-4-9-17(16)25-18/h3-10,18H,11H2,1-2H3,(H,20,24)/t18-/m1/s1. The van der Waals surface area contributed by atoms with E-state index in [1.54, 1.807) is 42.5 Å². The first-order valence-corrected chi connectivity index (χ1v) is 7.91. The summed E-state index contributed by atoms with van der Waals surface area (Å²) in [7, 11) is 0. The smallest absolute Gasteiger partial charge is 0.267 e. The van der Waals surface area contributed by atoms with E-state index in [0.717, 1.165) is 0 Å². The van der Waals surface area contributed by atoms with Crippen molar-refractivity contribution in [2.75, 3.05) is 16.8 Å². The van der Waals surface area contributed by atoms with Gasteiger partial charge in [-0.1, -0.05) is 24.3 Å². The van der Waals surface area contributed by atoms with E-state index in [-0.39, 0.29) is 24.1 Å². The summed E-state index contributed by atoms with van der Waals surface area (Å²) in [5, 5.41) is 2.74. The van der Waals surface area contributed by atoms with Gasteiger partial charge in [0.05, 0.1) is 12.2 Å². The van der Waals surface area contributed by atoms with Crippen LogP contribution in [-0.2, 0) is 9.59 Å². The molecule has 0 aromatic heterocycles. The van der Waals surface area contributed by atoms with Crippen molar-refractivity contribution < 1.29 is 19.1 Å².